The first-order valence-corrected chi connectivity index (χ1v) is 8.94. The lowest BCUT2D eigenvalue weighted by atomic mass is 10.0. The molecule has 1 aliphatic heterocycles. The van der Waals surface area contributed by atoms with E-state index in [4.69, 9.17) is 0 Å². The first-order chi connectivity index (χ1) is 12.0. The number of piperidine rings is 1. The molecule has 0 radical (unpaired) electrons. The van der Waals surface area contributed by atoms with Gasteiger partial charge in [0.05, 0.1) is 11.8 Å². The first kappa shape index (κ1) is 17.8. The highest BCUT2D eigenvalue weighted by Crippen LogP contribution is 2.31. The first-order valence-electron chi connectivity index (χ1n) is 8.94. The lowest BCUT2D eigenvalue weighted by Crippen LogP contribution is -2.37. The Kier molecular flexibility index (Phi) is 5.66. The summed E-state index contributed by atoms with van der Waals surface area (Å²) in [7, 11) is 0. The van der Waals surface area contributed by atoms with Crippen LogP contribution in [-0.2, 0) is 0 Å². The molecule has 0 amide bonds. The van der Waals surface area contributed by atoms with Crippen molar-refractivity contribution in [3.8, 4) is 0 Å². The molecular formula is C20H26FN3O. The van der Waals surface area contributed by atoms with Gasteiger partial charge < -0.3 is 15.3 Å². The Morgan fingerprint density at radius 1 is 1.16 bits per heavy atom. The molecule has 3 rings (SSSR count). The molecule has 1 saturated heterocycles. The van der Waals surface area contributed by atoms with Gasteiger partial charge in [-0.15, -0.1) is 0 Å². The molecule has 0 aliphatic carbocycles. The zero-order chi connectivity index (χ0) is 17.8. The molecule has 2 N–H and O–H groups in total. The predicted molar refractivity (Wildman–Crippen MR) is 98.1 cm³/mol. The van der Waals surface area contributed by atoms with Crippen molar-refractivity contribution in [2.45, 2.75) is 44.9 Å². The molecule has 2 atom stereocenters. The summed E-state index contributed by atoms with van der Waals surface area (Å²) in [6.07, 6.45) is 3.07. The molecule has 0 bridgehead atoms. The number of aliphatic hydroxyl groups excluding tert-OH is 1. The summed E-state index contributed by atoms with van der Waals surface area (Å²) < 4.78 is 13.9. The minimum atomic E-state index is -0.227. The van der Waals surface area contributed by atoms with Crippen LogP contribution in [0.25, 0.3) is 0 Å². The third-order valence-electron chi connectivity index (χ3n) is 4.89. The van der Waals surface area contributed by atoms with E-state index < -0.39 is 0 Å². The van der Waals surface area contributed by atoms with Gasteiger partial charge in [0.2, 0.25) is 0 Å². The minimum Gasteiger partial charge on any atom is -0.393 e. The van der Waals surface area contributed by atoms with Crippen LogP contribution < -0.4 is 10.2 Å². The molecule has 1 aromatic carbocycles. The van der Waals surface area contributed by atoms with Crippen molar-refractivity contribution in [3.63, 3.8) is 0 Å². The molecule has 1 aliphatic rings. The van der Waals surface area contributed by atoms with Crippen LogP contribution in [0.5, 0.6) is 0 Å². The fourth-order valence-corrected chi connectivity index (χ4v) is 3.45. The van der Waals surface area contributed by atoms with E-state index in [-0.39, 0.29) is 24.0 Å². The summed E-state index contributed by atoms with van der Waals surface area (Å²) >= 11 is 0. The lowest BCUT2D eigenvalue weighted by molar-refractivity contribution is 0.145. The number of benzene rings is 1. The van der Waals surface area contributed by atoms with Crippen molar-refractivity contribution in [2.75, 3.05) is 18.0 Å². The molecule has 5 heteroatoms. The number of aromatic nitrogens is 1. The number of nitrogens with one attached hydrogen (secondary N) is 1. The molecular weight excluding hydrogens is 317 g/mol. The third kappa shape index (κ3) is 4.35. The molecule has 1 aromatic heterocycles. The van der Waals surface area contributed by atoms with Crippen LogP contribution in [0.15, 0.2) is 42.6 Å². The molecule has 0 spiro atoms. The highest BCUT2D eigenvalue weighted by Gasteiger charge is 2.22. The normalized spacial score (nSPS) is 18.2. The Bertz CT molecular complexity index is 687. The predicted octanol–water partition coefficient (Wildman–Crippen LogP) is 3.59. The van der Waals surface area contributed by atoms with Crippen molar-refractivity contribution in [1.29, 1.82) is 0 Å². The monoisotopic (exact) mass is 343 g/mol. The topological polar surface area (TPSA) is 48.4 Å². The number of hydrogen-bond donors (Lipinski definition) is 2. The summed E-state index contributed by atoms with van der Waals surface area (Å²) in [5.41, 5.74) is 2.95. The Balaban J connectivity index is 1.79. The van der Waals surface area contributed by atoms with Crippen LogP contribution in [0.4, 0.5) is 10.1 Å². The van der Waals surface area contributed by atoms with E-state index in [2.05, 4.69) is 29.0 Å². The minimum absolute atomic E-state index is 0.0189. The van der Waals surface area contributed by atoms with Crippen LogP contribution in [0, 0.1) is 5.82 Å². The molecule has 25 heavy (non-hydrogen) atoms. The van der Waals surface area contributed by atoms with Crippen molar-refractivity contribution < 1.29 is 9.50 Å². The van der Waals surface area contributed by atoms with Gasteiger partial charge in [-0.3, -0.25) is 4.98 Å². The Morgan fingerprint density at radius 3 is 2.60 bits per heavy atom. The largest absolute Gasteiger partial charge is 0.393 e. The zero-order valence-electron chi connectivity index (χ0n) is 14.8. The van der Waals surface area contributed by atoms with Gasteiger partial charge >= 0.3 is 0 Å². The van der Waals surface area contributed by atoms with Gasteiger partial charge in [-0.05, 0) is 62.6 Å². The molecule has 2 aromatic rings. The van der Waals surface area contributed by atoms with Crippen LogP contribution in [0.3, 0.4) is 0 Å². The Morgan fingerprint density at radius 2 is 1.92 bits per heavy atom. The molecule has 4 nitrogen and oxygen atoms in total. The maximum absolute atomic E-state index is 13.9. The third-order valence-corrected chi connectivity index (χ3v) is 4.89. The molecule has 2 heterocycles. The number of anilines is 1. The standard InChI is InChI=1S/C20H26FN3O/c1-14(23-15(2)19-5-3-4-10-22-19)18-13-16(21)6-7-20(18)24-11-8-17(25)9-12-24/h3-7,10,13-15,17,23,25H,8-9,11-12H2,1-2H3. The van der Waals surface area contributed by atoms with E-state index in [0.29, 0.717) is 0 Å². The smallest absolute Gasteiger partial charge is 0.123 e. The van der Waals surface area contributed by atoms with E-state index >= 15 is 0 Å². The van der Waals surface area contributed by atoms with Crippen molar-refractivity contribution in [2.24, 2.45) is 0 Å². The van der Waals surface area contributed by atoms with E-state index in [1.165, 1.54) is 6.07 Å². The summed E-state index contributed by atoms with van der Waals surface area (Å²) in [5, 5.41) is 13.3. The number of nitrogens with zero attached hydrogens (tertiary/aromatic N) is 2. The maximum Gasteiger partial charge on any atom is 0.123 e. The second-order valence-electron chi connectivity index (χ2n) is 6.79. The SMILES string of the molecule is CC(NC(C)c1cc(F)ccc1N1CCC(O)CC1)c1ccccn1. The van der Waals surface area contributed by atoms with E-state index in [0.717, 1.165) is 42.9 Å². The number of halogens is 1. The fourth-order valence-electron chi connectivity index (χ4n) is 3.45. The lowest BCUT2D eigenvalue weighted by Gasteiger charge is -2.34. The quantitative estimate of drug-likeness (QED) is 0.871. The van der Waals surface area contributed by atoms with Gasteiger partial charge in [-0.2, -0.15) is 0 Å². The number of pyridine rings is 1. The number of hydrogen-bond acceptors (Lipinski definition) is 4. The fraction of sp³-hybridized carbons (Fsp3) is 0.450. The van der Waals surface area contributed by atoms with Gasteiger partial charge in [-0.25, -0.2) is 4.39 Å². The van der Waals surface area contributed by atoms with Crippen molar-refractivity contribution in [1.82, 2.24) is 10.3 Å². The Labute approximate surface area is 148 Å². The van der Waals surface area contributed by atoms with Crippen LogP contribution in [0.2, 0.25) is 0 Å². The van der Waals surface area contributed by atoms with Crippen LogP contribution >= 0.6 is 0 Å². The zero-order valence-corrected chi connectivity index (χ0v) is 14.8. The number of rotatable bonds is 5. The second kappa shape index (κ2) is 7.93. The van der Waals surface area contributed by atoms with Crippen LogP contribution in [0.1, 0.15) is 50.0 Å². The van der Waals surface area contributed by atoms with Crippen molar-refractivity contribution >= 4 is 5.69 Å². The van der Waals surface area contributed by atoms with Crippen LogP contribution in [-0.4, -0.2) is 29.3 Å². The molecule has 1 fully saturated rings. The number of aliphatic hydroxyl groups is 1. The maximum atomic E-state index is 13.9. The summed E-state index contributed by atoms with van der Waals surface area (Å²) in [6.45, 7) is 5.70. The molecule has 134 valence electrons. The average Bonchev–Trinajstić information content (AvgIpc) is 2.63. The van der Waals surface area contributed by atoms with Gasteiger partial charge in [-0.1, -0.05) is 6.07 Å². The van der Waals surface area contributed by atoms with Gasteiger partial charge in [0.1, 0.15) is 5.82 Å². The van der Waals surface area contributed by atoms with Crippen molar-refractivity contribution in [3.05, 3.63) is 59.7 Å². The highest BCUT2D eigenvalue weighted by atomic mass is 19.1. The van der Waals surface area contributed by atoms with E-state index in [1.807, 2.05) is 24.3 Å². The Hall–Kier alpha value is -1.98. The van der Waals surface area contributed by atoms with Gasteiger partial charge in [0.15, 0.2) is 0 Å². The van der Waals surface area contributed by atoms with Gasteiger partial charge in [0.25, 0.3) is 0 Å². The summed E-state index contributed by atoms with van der Waals surface area (Å²) in [6, 6.07) is 10.9. The average molecular weight is 343 g/mol. The second-order valence-corrected chi connectivity index (χ2v) is 6.79. The van der Waals surface area contributed by atoms with E-state index in [9.17, 15) is 9.50 Å². The van der Waals surface area contributed by atoms with E-state index in [1.54, 1.807) is 12.3 Å². The highest BCUT2D eigenvalue weighted by molar-refractivity contribution is 5.55. The molecule has 2 unspecified atom stereocenters. The summed E-state index contributed by atoms with van der Waals surface area (Å²) in [4.78, 5) is 6.63. The molecule has 0 saturated carbocycles. The summed E-state index contributed by atoms with van der Waals surface area (Å²) in [5.74, 6) is -0.227. The van der Waals surface area contributed by atoms with Gasteiger partial charge in [0, 0.05) is 37.1 Å².